The molecule has 1 aliphatic rings. The maximum atomic E-state index is 3.48. The molecule has 0 amide bonds. The molecule has 76 valence electrons. The molecule has 1 fully saturated rings. The van der Waals surface area contributed by atoms with Crippen molar-refractivity contribution in [3.63, 3.8) is 0 Å². The van der Waals surface area contributed by atoms with E-state index in [2.05, 4.69) is 50.4 Å². The highest BCUT2D eigenvalue weighted by molar-refractivity contribution is 5.28. The van der Waals surface area contributed by atoms with Gasteiger partial charge in [0.1, 0.15) is 0 Å². The minimum absolute atomic E-state index is 0.397. The van der Waals surface area contributed by atoms with E-state index in [1.165, 1.54) is 11.1 Å². The van der Waals surface area contributed by atoms with Crippen LogP contribution in [-0.2, 0) is 0 Å². The molecule has 0 unspecified atom stereocenters. The van der Waals surface area contributed by atoms with E-state index >= 15 is 0 Å². The van der Waals surface area contributed by atoms with E-state index in [9.17, 15) is 0 Å². The smallest absolute Gasteiger partial charge is 0.00268 e. The minimum Gasteiger partial charge on any atom is -0.316 e. The van der Waals surface area contributed by atoms with Crippen molar-refractivity contribution in [1.29, 1.82) is 0 Å². The summed E-state index contributed by atoms with van der Waals surface area (Å²) in [5.41, 5.74) is 3.25. The molecular weight excluding hydrogens is 170 g/mol. The summed E-state index contributed by atoms with van der Waals surface area (Å²) in [7, 11) is 0. The predicted molar refractivity (Wildman–Crippen MR) is 60.6 cm³/mol. The first-order chi connectivity index (χ1) is 6.59. The van der Waals surface area contributed by atoms with Crippen LogP contribution >= 0.6 is 0 Å². The Hall–Kier alpha value is -0.820. The lowest BCUT2D eigenvalue weighted by molar-refractivity contribution is 0.363. The van der Waals surface area contributed by atoms with E-state index in [-0.39, 0.29) is 0 Å². The Balaban J connectivity index is 2.31. The van der Waals surface area contributed by atoms with Gasteiger partial charge < -0.3 is 5.32 Å². The van der Waals surface area contributed by atoms with Crippen LogP contribution in [-0.4, -0.2) is 13.1 Å². The number of aryl methyl sites for hydroxylation is 1. The number of benzene rings is 1. The molecule has 1 atom stereocenters. The van der Waals surface area contributed by atoms with Crippen molar-refractivity contribution in [2.45, 2.75) is 26.7 Å². The lowest BCUT2D eigenvalue weighted by atomic mass is 9.77. The minimum atomic E-state index is 0.397. The number of nitrogens with one attached hydrogen (secondary N) is 1. The van der Waals surface area contributed by atoms with Crippen molar-refractivity contribution in [3.8, 4) is 0 Å². The van der Waals surface area contributed by atoms with Crippen molar-refractivity contribution >= 4 is 0 Å². The zero-order valence-electron chi connectivity index (χ0n) is 9.30. The third-order valence-corrected chi connectivity index (χ3v) is 3.32. The first kappa shape index (κ1) is 9.72. The Morgan fingerprint density at radius 1 is 1.36 bits per heavy atom. The fourth-order valence-corrected chi connectivity index (χ4v) is 2.39. The first-order valence-electron chi connectivity index (χ1n) is 5.37. The van der Waals surface area contributed by atoms with Gasteiger partial charge in [0.05, 0.1) is 0 Å². The van der Waals surface area contributed by atoms with Gasteiger partial charge in [-0.05, 0) is 17.9 Å². The molecule has 1 aliphatic heterocycles. The van der Waals surface area contributed by atoms with Crippen LogP contribution in [0, 0.1) is 12.3 Å². The Morgan fingerprint density at radius 3 is 2.71 bits per heavy atom. The average Bonchev–Trinajstić information content (AvgIpc) is 2.45. The highest BCUT2D eigenvalue weighted by Gasteiger charge is 2.35. The molecule has 0 bridgehead atoms. The Labute approximate surface area is 86.5 Å². The van der Waals surface area contributed by atoms with E-state index < -0.39 is 0 Å². The largest absolute Gasteiger partial charge is 0.316 e. The van der Waals surface area contributed by atoms with E-state index in [0.717, 1.165) is 13.1 Å². The maximum absolute atomic E-state index is 3.48. The molecule has 0 aliphatic carbocycles. The van der Waals surface area contributed by atoms with Crippen LogP contribution in [0.5, 0.6) is 0 Å². The second kappa shape index (κ2) is 3.39. The van der Waals surface area contributed by atoms with Crippen LogP contribution in [0.3, 0.4) is 0 Å². The average molecular weight is 189 g/mol. The van der Waals surface area contributed by atoms with E-state index in [0.29, 0.717) is 11.3 Å². The molecule has 14 heavy (non-hydrogen) atoms. The SMILES string of the molecule is Cc1cccc([C@H]2CNCC2(C)C)c1. The van der Waals surface area contributed by atoms with E-state index in [1.807, 2.05) is 0 Å². The molecule has 1 N–H and O–H groups in total. The van der Waals surface area contributed by atoms with Gasteiger partial charge in [-0.25, -0.2) is 0 Å². The Morgan fingerprint density at radius 2 is 2.14 bits per heavy atom. The van der Waals surface area contributed by atoms with Gasteiger partial charge in [0.2, 0.25) is 0 Å². The molecule has 0 saturated carbocycles. The fraction of sp³-hybridized carbons (Fsp3) is 0.538. The highest BCUT2D eigenvalue weighted by atomic mass is 14.9. The monoisotopic (exact) mass is 189 g/mol. The summed E-state index contributed by atoms with van der Waals surface area (Å²) >= 11 is 0. The van der Waals surface area contributed by atoms with Gasteiger partial charge in [0.15, 0.2) is 0 Å². The maximum Gasteiger partial charge on any atom is 0.00268 e. The molecule has 1 nitrogen and oxygen atoms in total. The second-order valence-corrected chi connectivity index (χ2v) is 5.09. The van der Waals surface area contributed by atoms with Crippen molar-refractivity contribution in [1.82, 2.24) is 5.32 Å². The Bertz CT molecular complexity index is 328. The quantitative estimate of drug-likeness (QED) is 0.716. The zero-order valence-corrected chi connectivity index (χ0v) is 9.30. The molecular formula is C13H19N. The molecule has 1 aromatic rings. The van der Waals surface area contributed by atoms with Crippen LogP contribution in [0.1, 0.15) is 30.9 Å². The molecule has 1 heterocycles. The summed E-state index contributed by atoms with van der Waals surface area (Å²) in [6.07, 6.45) is 0. The van der Waals surface area contributed by atoms with Gasteiger partial charge in [0, 0.05) is 19.0 Å². The van der Waals surface area contributed by atoms with Crippen molar-refractivity contribution in [2.24, 2.45) is 5.41 Å². The van der Waals surface area contributed by atoms with Gasteiger partial charge in [-0.3, -0.25) is 0 Å². The number of hydrogen-bond donors (Lipinski definition) is 1. The predicted octanol–water partition coefficient (Wildman–Crippen LogP) is 2.71. The van der Waals surface area contributed by atoms with Crippen LogP contribution in [0.2, 0.25) is 0 Å². The third kappa shape index (κ3) is 1.69. The second-order valence-electron chi connectivity index (χ2n) is 5.09. The molecule has 0 spiro atoms. The number of hydrogen-bond acceptors (Lipinski definition) is 1. The summed E-state index contributed by atoms with van der Waals surface area (Å²) in [6.45, 7) is 9.11. The topological polar surface area (TPSA) is 12.0 Å². The van der Waals surface area contributed by atoms with Crippen LogP contribution in [0.4, 0.5) is 0 Å². The molecule has 2 rings (SSSR count). The van der Waals surface area contributed by atoms with Gasteiger partial charge >= 0.3 is 0 Å². The molecule has 1 saturated heterocycles. The standard InChI is InChI=1S/C13H19N/c1-10-5-4-6-11(7-10)12-8-14-9-13(12,2)3/h4-7,12,14H,8-9H2,1-3H3/t12-/m1/s1. The normalized spacial score (nSPS) is 25.2. The van der Waals surface area contributed by atoms with Crippen molar-refractivity contribution < 1.29 is 0 Å². The fourth-order valence-electron chi connectivity index (χ4n) is 2.39. The summed E-state index contributed by atoms with van der Waals surface area (Å²) < 4.78 is 0. The van der Waals surface area contributed by atoms with Gasteiger partial charge in [-0.2, -0.15) is 0 Å². The number of rotatable bonds is 1. The lowest BCUT2D eigenvalue weighted by Crippen LogP contribution is -2.20. The van der Waals surface area contributed by atoms with Crippen LogP contribution < -0.4 is 5.32 Å². The molecule has 1 aromatic carbocycles. The van der Waals surface area contributed by atoms with Crippen molar-refractivity contribution in [2.75, 3.05) is 13.1 Å². The van der Waals surface area contributed by atoms with Crippen LogP contribution in [0.25, 0.3) is 0 Å². The lowest BCUT2D eigenvalue weighted by Gasteiger charge is -2.26. The summed E-state index contributed by atoms with van der Waals surface area (Å²) in [4.78, 5) is 0. The van der Waals surface area contributed by atoms with Crippen molar-refractivity contribution in [3.05, 3.63) is 35.4 Å². The molecule has 0 radical (unpaired) electrons. The van der Waals surface area contributed by atoms with Gasteiger partial charge in [0.25, 0.3) is 0 Å². The first-order valence-corrected chi connectivity index (χ1v) is 5.37. The summed E-state index contributed by atoms with van der Waals surface area (Å²) in [6, 6.07) is 8.91. The van der Waals surface area contributed by atoms with Crippen LogP contribution in [0.15, 0.2) is 24.3 Å². The highest BCUT2D eigenvalue weighted by Crippen LogP contribution is 2.38. The van der Waals surface area contributed by atoms with Gasteiger partial charge in [-0.1, -0.05) is 43.7 Å². The van der Waals surface area contributed by atoms with E-state index in [4.69, 9.17) is 0 Å². The van der Waals surface area contributed by atoms with Gasteiger partial charge in [-0.15, -0.1) is 0 Å². The molecule has 1 heteroatoms. The molecule has 0 aromatic heterocycles. The zero-order chi connectivity index (χ0) is 10.2. The summed E-state index contributed by atoms with van der Waals surface area (Å²) in [5, 5.41) is 3.48. The summed E-state index contributed by atoms with van der Waals surface area (Å²) in [5.74, 6) is 0.669. The third-order valence-electron chi connectivity index (χ3n) is 3.32. The Kier molecular flexibility index (Phi) is 2.36. The van der Waals surface area contributed by atoms with E-state index in [1.54, 1.807) is 0 Å².